The highest BCUT2D eigenvalue weighted by Crippen LogP contribution is 2.35. The molecule has 1 aliphatic rings. The molecule has 0 aliphatic carbocycles. The Morgan fingerprint density at radius 3 is 2.76 bits per heavy atom. The lowest BCUT2D eigenvalue weighted by atomic mass is 9.93. The predicted octanol–water partition coefficient (Wildman–Crippen LogP) is 6.09. The van der Waals surface area contributed by atoms with Crippen molar-refractivity contribution >= 4 is 39.2 Å². The number of ketones is 1. The van der Waals surface area contributed by atoms with Gasteiger partial charge in [0, 0.05) is 58.3 Å². The van der Waals surface area contributed by atoms with Crippen molar-refractivity contribution in [2.24, 2.45) is 0 Å². The molecule has 2 aromatic carbocycles. The summed E-state index contributed by atoms with van der Waals surface area (Å²) >= 11 is 6.29. The standard InChI is InChI=1S/C27H21ClN4O/c28-24-5-2-1-4-19(24)26(33)23-15-32-27-21(23)12-18(13-31-27)17-10-16-7-9-29-14-22(16)20(11-17)25-6-3-8-30-25/h1-2,4-5,7,9-15,25,30H,3,6,8H2,(H,31,32). The van der Waals surface area contributed by atoms with Gasteiger partial charge in [0.2, 0.25) is 0 Å². The molecule has 2 N–H and O–H groups in total. The van der Waals surface area contributed by atoms with Gasteiger partial charge in [-0.2, -0.15) is 0 Å². The van der Waals surface area contributed by atoms with Crippen LogP contribution in [0.3, 0.4) is 0 Å². The number of halogens is 1. The average Bonchev–Trinajstić information content (AvgIpc) is 3.53. The van der Waals surface area contributed by atoms with Crippen molar-refractivity contribution in [2.75, 3.05) is 6.54 Å². The summed E-state index contributed by atoms with van der Waals surface area (Å²) in [6.07, 6.45) is 9.62. The number of pyridine rings is 2. The Morgan fingerprint density at radius 1 is 1.00 bits per heavy atom. The topological polar surface area (TPSA) is 70.7 Å². The van der Waals surface area contributed by atoms with Crippen molar-refractivity contribution in [3.05, 3.63) is 95.0 Å². The number of rotatable bonds is 4. The maximum atomic E-state index is 13.2. The molecular weight excluding hydrogens is 432 g/mol. The van der Waals surface area contributed by atoms with Crippen LogP contribution >= 0.6 is 11.6 Å². The van der Waals surface area contributed by atoms with Crippen molar-refractivity contribution in [3.8, 4) is 11.1 Å². The Bertz CT molecular complexity index is 1520. The number of hydrogen-bond donors (Lipinski definition) is 2. The van der Waals surface area contributed by atoms with Gasteiger partial charge in [-0.05, 0) is 72.3 Å². The fraction of sp³-hybridized carbons (Fsp3) is 0.148. The van der Waals surface area contributed by atoms with E-state index in [4.69, 9.17) is 11.6 Å². The zero-order valence-corrected chi connectivity index (χ0v) is 18.6. The lowest BCUT2D eigenvalue weighted by Gasteiger charge is -2.16. The molecule has 1 aliphatic heterocycles. The number of carbonyl (C=O) groups excluding carboxylic acids is 1. The number of H-pyrrole nitrogens is 1. The molecule has 0 saturated carbocycles. The third-order valence-corrected chi connectivity index (χ3v) is 6.78. The van der Waals surface area contributed by atoms with E-state index in [9.17, 15) is 4.79 Å². The highest BCUT2D eigenvalue weighted by molar-refractivity contribution is 6.35. The Balaban J connectivity index is 1.49. The van der Waals surface area contributed by atoms with Crippen molar-refractivity contribution in [2.45, 2.75) is 18.9 Å². The summed E-state index contributed by atoms with van der Waals surface area (Å²) in [6, 6.07) is 15.9. The van der Waals surface area contributed by atoms with E-state index in [-0.39, 0.29) is 5.78 Å². The van der Waals surface area contributed by atoms with Gasteiger partial charge in [-0.25, -0.2) is 4.98 Å². The summed E-state index contributed by atoms with van der Waals surface area (Å²) in [5, 5.41) is 7.16. The molecule has 0 spiro atoms. The number of aromatic nitrogens is 3. The van der Waals surface area contributed by atoms with Crippen molar-refractivity contribution in [1.29, 1.82) is 0 Å². The first-order valence-corrected chi connectivity index (χ1v) is 11.4. The molecule has 1 atom stereocenters. The second kappa shape index (κ2) is 8.10. The number of benzene rings is 2. The van der Waals surface area contributed by atoms with Crippen LogP contribution < -0.4 is 5.32 Å². The predicted molar refractivity (Wildman–Crippen MR) is 132 cm³/mol. The second-order valence-corrected chi connectivity index (χ2v) is 8.85. The van der Waals surface area contributed by atoms with Crippen LogP contribution in [0.4, 0.5) is 0 Å². The fourth-order valence-corrected chi connectivity index (χ4v) is 4.99. The first-order valence-electron chi connectivity index (χ1n) is 11.1. The van der Waals surface area contributed by atoms with Crippen molar-refractivity contribution in [1.82, 2.24) is 20.3 Å². The zero-order valence-electron chi connectivity index (χ0n) is 17.8. The van der Waals surface area contributed by atoms with Crippen LogP contribution in [-0.2, 0) is 0 Å². The number of aromatic amines is 1. The number of carbonyl (C=O) groups is 1. The van der Waals surface area contributed by atoms with E-state index in [1.165, 1.54) is 17.4 Å². The zero-order chi connectivity index (χ0) is 22.4. The van der Waals surface area contributed by atoms with Crippen LogP contribution in [0, 0.1) is 0 Å². The fourth-order valence-electron chi connectivity index (χ4n) is 4.77. The highest BCUT2D eigenvalue weighted by Gasteiger charge is 2.21. The number of hydrogen-bond acceptors (Lipinski definition) is 4. The summed E-state index contributed by atoms with van der Waals surface area (Å²) in [5.41, 5.74) is 5.03. The Kier molecular flexibility index (Phi) is 4.93. The Hall–Kier alpha value is -3.54. The van der Waals surface area contributed by atoms with Crippen LogP contribution in [0.2, 0.25) is 5.02 Å². The monoisotopic (exact) mass is 452 g/mol. The molecule has 162 valence electrons. The summed E-state index contributed by atoms with van der Waals surface area (Å²) in [6.45, 7) is 1.03. The maximum Gasteiger partial charge on any atom is 0.196 e. The molecule has 1 saturated heterocycles. The number of nitrogens with zero attached hydrogens (tertiary/aromatic N) is 2. The Morgan fingerprint density at radius 2 is 1.91 bits per heavy atom. The van der Waals surface area contributed by atoms with E-state index in [0.717, 1.165) is 34.9 Å². The van der Waals surface area contributed by atoms with E-state index in [2.05, 4.69) is 32.4 Å². The van der Waals surface area contributed by atoms with Gasteiger partial charge in [0.1, 0.15) is 5.65 Å². The Labute approximate surface area is 195 Å². The van der Waals surface area contributed by atoms with Gasteiger partial charge < -0.3 is 10.3 Å². The molecule has 5 nitrogen and oxygen atoms in total. The number of fused-ring (bicyclic) bond motifs is 2. The normalized spacial score (nSPS) is 16.0. The van der Waals surface area contributed by atoms with E-state index in [1.54, 1.807) is 18.3 Å². The van der Waals surface area contributed by atoms with Crippen LogP contribution in [-0.4, -0.2) is 27.3 Å². The minimum absolute atomic E-state index is 0.119. The van der Waals surface area contributed by atoms with E-state index in [0.29, 0.717) is 27.8 Å². The van der Waals surface area contributed by atoms with Crippen LogP contribution in [0.15, 0.2) is 73.3 Å². The highest BCUT2D eigenvalue weighted by atomic mass is 35.5. The van der Waals surface area contributed by atoms with Gasteiger partial charge in [-0.1, -0.05) is 23.7 Å². The van der Waals surface area contributed by atoms with Crippen LogP contribution in [0.25, 0.3) is 32.9 Å². The van der Waals surface area contributed by atoms with Gasteiger partial charge in [0.25, 0.3) is 0 Å². The van der Waals surface area contributed by atoms with E-state index < -0.39 is 0 Å². The van der Waals surface area contributed by atoms with Gasteiger partial charge in [-0.3, -0.25) is 9.78 Å². The van der Waals surface area contributed by atoms with E-state index in [1.807, 2.05) is 42.9 Å². The smallest absolute Gasteiger partial charge is 0.196 e. The quantitative estimate of drug-likeness (QED) is 0.324. The minimum atomic E-state index is -0.119. The molecule has 6 rings (SSSR count). The summed E-state index contributed by atoms with van der Waals surface area (Å²) in [4.78, 5) is 25.3. The molecule has 3 aromatic heterocycles. The molecular formula is C27H21ClN4O. The summed E-state index contributed by atoms with van der Waals surface area (Å²) in [7, 11) is 0. The summed E-state index contributed by atoms with van der Waals surface area (Å²) < 4.78 is 0. The lowest BCUT2D eigenvalue weighted by Crippen LogP contribution is -2.13. The van der Waals surface area contributed by atoms with Crippen molar-refractivity contribution in [3.63, 3.8) is 0 Å². The van der Waals surface area contributed by atoms with E-state index >= 15 is 0 Å². The maximum absolute atomic E-state index is 13.2. The van der Waals surface area contributed by atoms with Gasteiger partial charge >= 0.3 is 0 Å². The van der Waals surface area contributed by atoms with Gasteiger partial charge in [0.05, 0.1) is 5.02 Å². The molecule has 33 heavy (non-hydrogen) atoms. The molecule has 1 unspecified atom stereocenters. The third-order valence-electron chi connectivity index (χ3n) is 6.45. The first-order chi connectivity index (χ1) is 16.2. The third kappa shape index (κ3) is 3.50. The molecule has 6 heteroatoms. The molecule has 4 heterocycles. The van der Waals surface area contributed by atoms with Gasteiger partial charge in [0.15, 0.2) is 5.78 Å². The first kappa shape index (κ1) is 20.1. The molecule has 0 amide bonds. The molecule has 1 fully saturated rings. The lowest BCUT2D eigenvalue weighted by molar-refractivity contribution is 0.104. The molecule has 5 aromatic rings. The van der Waals surface area contributed by atoms with Crippen LogP contribution in [0.1, 0.15) is 40.4 Å². The largest absolute Gasteiger partial charge is 0.345 e. The average molecular weight is 453 g/mol. The van der Waals surface area contributed by atoms with Crippen molar-refractivity contribution < 1.29 is 4.79 Å². The molecule has 0 radical (unpaired) electrons. The van der Waals surface area contributed by atoms with Crippen LogP contribution in [0.5, 0.6) is 0 Å². The SMILES string of the molecule is O=C(c1ccccc1Cl)c1c[nH]c2ncc(-c3cc(C4CCCN4)c4cnccc4c3)cc12. The molecule has 0 bridgehead atoms. The number of nitrogens with one attached hydrogen (secondary N) is 2. The summed E-state index contributed by atoms with van der Waals surface area (Å²) in [5.74, 6) is -0.119. The second-order valence-electron chi connectivity index (χ2n) is 8.44. The minimum Gasteiger partial charge on any atom is -0.345 e. The van der Waals surface area contributed by atoms with Gasteiger partial charge in [-0.15, -0.1) is 0 Å².